The van der Waals surface area contributed by atoms with Crippen LogP contribution in [0.4, 0.5) is 11.5 Å². The van der Waals surface area contributed by atoms with Crippen LogP contribution >= 0.6 is 0 Å². The minimum absolute atomic E-state index is 0.591. The molecular formula is C13H16N4O. The van der Waals surface area contributed by atoms with Gasteiger partial charge in [0.25, 0.3) is 0 Å². The summed E-state index contributed by atoms with van der Waals surface area (Å²) in [5.41, 5.74) is 8.33. The molecule has 0 spiro atoms. The van der Waals surface area contributed by atoms with Gasteiger partial charge in [-0.2, -0.15) is 0 Å². The molecular weight excluding hydrogens is 228 g/mol. The van der Waals surface area contributed by atoms with E-state index in [1.54, 1.807) is 19.5 Å². The predicted octanol–water partition coefficient (Wildman–Crippen LogP) is 1.99. The number of rotatable bonds is 4. The molecule has 0 aliphatic carbocycles. The first-order valence-electron chi connectivity index (χ1n) is 5.64. The Morgan fingerprint density at radius 2 is 2.06 bits per heavy atom. The van der Waals surface area contributed by atoms with E-state index in [1.807, 2.05) is 25.1 Å². The van der Waals surface area contributed by atoms with Crippen LogP contribution in [0.1, 0.15) is 11.3 Å². The largest absolute Gasteiger partial charge is 0.496 e. The number of anilines is 2. The van der Waals surface area contributed by atoms with E-state index in [2.05, 4.69) is 15.3 Å². The zero-order valence-electron chi connectivity index (χ0n) is 10.5. The summed E-state index contributed by atoms with van der Waals surface area (Å²) in [6.45, 7) is 2.50. The van der Waals surface area contributed by atoms with E-state index in [4.69, 9.17) is 10.5 Å². The molecule has 0 saturated carbocycles. The van der Waals surface area contributed by atoms with E-state index >= 15 is 0 Å². The number of methoxy groups -OCH3 is 1. The molecule has 0 saturated heterocycles. The molecule has 2 rings (SSSR count). The summed E-state index contributed by atoms with van der Waals surface area (Å²) in [6.07, 6.45) is 3.33. The van der Waals surface area contributed by atoms with E-state index in [0.717, 1.165) is 22.8 Å². The number of ether oxygens (including phenoxy) is 1. The number of hydrogen-bond acceptors (Lipinski definition) is 5. The fraction of sp³-hybridized carbons (Fsp3) is 0.231. The van der Waals surface area contributed by atoms with Crippen molar-refractivity contribution < 1.29 is 4.74 Å². The highest BCUT2D eigenvalue weighted by Gasteiger charge is 2.05. The molecule has 1 heterocycles. The van der Waals surface area contributed by atoms with Crippen LogP contribution in [0.3, 0.4) is 0 Å². The SMILES string of the molecule is COc1ccc(N)cc1CNc1nccnc1C. The third kappa shape index (κ3) is 2.68. The van der Waals surface area contributed by atoms with Crippen LogP contribution in [0.5, 0.6) is 5.75 Å². The summed E-state index contributed by atoms with van der Waals surface area (Å²) < 4.78 is 5.29. The van der Waals surface area contributed by atoms with Crippen molar-refractivity contribution in [3.63, 3.8) is 0 Å². The third-order valence-corrected chi connectivity index (χ3v) is 2.63. The normalized spacial score (nSPS) is 10.1. The van der Waals surface area contributed by atoms with E-state index < -0.39 is 0 Å². The highest BCUT2D eigenvalue weighted by atomic mass is 16.5. The first kappa shape index (κ1) is 12.2. The second kappa shape index (κ2) is 5.35. The van der Waals surface area contributed by atoms with Crippen molar-refractivity contribution in [3.8, 4) is 5.75 Å². The molecule has 0 unspecified atom stereocenters. The van der Waals surface area contributed by atoms with E-state index in [-0.39, 0.29) is 0 Å². The zero-order chi connectivity index (χ0) is 13.0. The molecule has 94 valence electrons. The zero-order valence-corrected chi connectivity index (χ0v) is 10.5. The lowest BCUT2D eigenvalue weighted by molar-refractivity contribution is 0.410. The van der Waals surface area contributed by atoms with Gasteiger partial charge in [-0.05, 0) is 25.1 Å². The van der Waals surface area contributed by atoms with Gasteiger partial charge in [0.05, 0.1) is 12.8 Å². The van der Waals surface area contributed by atoms with Gasteiger partial charge < -0.3 is 15.8 Å². The van der Waals surface area contributed by atoms with Crippen molar-refractivity contribution in [2.24, 2.45) is 0 Å². The lowest BCUT2D eigenvalue weighted by Gasteiger charge is -2.11. The molecule has 5 nitrogen and oxygen atoms in total. The first-order chi connectivity index (χ1) is 8.70. The number of aromatic nitrogens is 2. The number of aryl methyl sites for hydroxylation is 1. The van der Waals surface area contributed by atoms with Gasteiger partial charge in [0.2, 0.25) is 0 Å². The summed E-state index contributed by atoms with van der Waals surface area (Å²) in [6, 6.07) is 5.56. The van der Waals surface area contributed by atoms with Crippen LogP contribution in [-0.4, -0.2) is 17.1 Å². The lowest BCUT2D eigenvalue weighted by atomic mass is 10.1. The molecule has 5 heteroatoms. The average Bonchev–Trinajstić information content (AvgIpc) is 2.38. The number of nitrogens with one attached hydrogen (secondary N) is 1. The lowest BCUT2D eigenvalue weighted by Crippen LogP contribution is -2.05. The van der Waals surface area contributed by atoms with Crippen molar-refractivity contribution >= 4 is 11.5 Å². The second-order valence-corrected chi connectivity index (χ2v) is 3.92. The third-order valence-electron chi connectivity index (χ3n) is 2.63. The second-order valence-electron chi connectivity index (χ2n) is 3.92. The minimum atomic E-state index is 0.591. The number of nitrogens with zero attached hydrogens (tertiary/aromatic N) is 2. The summed E-state index contributed by atoms with van der Waals surface area (Å²) in [4.78, 5) is 8.40. The van der Waals surface area contributed by atoms with Gasteiger partial charge in [-0.1, -0.05) is 0 Å². The smallest absolute Gasteiger partial charge is 0.147 e. The number of benzene rings is 1. The maximum Gasteiger partial charge on any atom is 0.147 e. The number of hydrogen-bond donors (Lipinski definition) is 2. The fourth-order valence-electron chi connectivity index (χ4n) is 1.70. The molecule has 3 N–H and O–H groups in total. The maximum atomic E-state index is 5.77. The molecule has 0 aliphatic heterocycles. The van der Waals surface area contributed by atoms with Gasteiger partial charge in [-0.25, -0.2) is 4.98 Å². The van der Waals surface area contributed by atoms with Crippen LogP contribution in [0.25, 0.3) is 0 Å². The first-order valence-corrected chi connectivity index (χ1v) is 5.64. The molecule has 0 bridgehead atoms. The highest BCUT2D eigenvalue weighted by molar-refractivity contribution is 5.49. The van der Waals surface area contributed by atoms with E-state index in [0.29, 0.717) is 12.2 Å². The van der Waals surface area contributed by atoms with Crippen molar-refractivity contribution in [1.82, 2.24) is 9.97 Å². The number of nitrogens with two attached hydrogens (primary N) is 1. The van der Waals surface area contributed by atoms with Gasteiger partial charge in [0.1, 0.15) is 11.6 Å². The molecule has 1 aromatic carbocycles. The summed E-state index contributed by atoms with van der Waals surface area (Å²) in [5, 5.41) is 3.22. The standard InChI is InChI=1S/C13H16N4O/c1-9-13(16-6-5-15-9)17-8-10-7-11(14)3-4-12(10)18-2/h3-7H,8,14H2,1-2H3,(H,16,17). The topological polar surface area (TPSA) is 73.1 Å². The molecule has 0 radical (unpaired) electrons. The van der Waals surface area contributed by atoms with Gasteiger partial charge in [0.15, 0.2) is 0 Å². The Morgan fingerprint density at radius 3 is 2.78 bits per heavy atom. The Balaban J connectivity index is 2.15. The van der Waals surface area contributed by atoms with Crippen LogP contribution in [0.2, 0.25) is 0 Å². The van der Waals surface area contributed by atoms with Gasteiger partial charge in [0, 0.05) is 30.2 Å². The summed E-state index contributed by atoms with van der Waals surface area (Å²) in [7, 11) is 1.64. The minimum Gasteiger partial charge on any atom is -0.496 e. The monoisotopic (exact) mass is 244 g/mol. The van der Waals surface area contributed by atoms with Crippen molar-refractivity contribution in [2.75, 3.05) is 18.2 Å². The van der Waals surface area contributed by atoms with E-state index in [1.165, 1.54) is 0 Å². The molecule has 0 fully saturated rings. The number of nitrogen functional groups attached to an aromatic ring is 1. The summed E-state index contributed by atoms with van der Waals surface area (Å²) >= 11 is 0. The molecule has 0 atom stereocenters. The average molecular weight is 244 g/mol. The highest BCUT2D eigenvalue weighted by Crippen LogP contribution is 2.22. The van der Waals surface area contributed by atoms with Crippen LogP contribution in [0.15, 0.2) is 30.6 Å². The Morgan fingerprint density at radius 1 is 1.28 bits per heavy atom. The fourth-order valence-corrected chi connectivity index (χ4v) is 1.70. The maximum absolute atomic E-state index is 5.77. The molecule has 0 aliphatic rings. The predicted molar refractivity (Wildman–Crippen MR) is 71.5 cm³/mol. The Bertz CT molecular complexity index is 542. The van der Waals surface area contributed by atoms with Crippen molar-refractivity contribution in [3.05, 3.63) is 41.9 Å². The Hall–Kier alpha value is -2.30. The quantitative estimate of drug-likeness (QED) is 0.805. The van der Waals surface area contributed by atoms with Gasteiger partial charge >= 0.3 is 0 Å². The Kier molecular flexibility index (Phi) is 3.62. The molecule has 1 aromatic heterocycles. The molecule has 0 amide bonds. The molecule has 2 aromatic rings. The van der Waals surface area contributed by atoms with Crippen molar-refractivity contribution in [2.45, 2.75) is 13.5 Å². The molecule has 18 heavy (non-hydrogen) atoms. The van der Waals surface area contributed by atoms with Crippen LogP contribution in [0, 0.1) is 6.92 Å². The van der Waals surface area contributed by atoms with Gasteiger partial charge in [-0.15, -0.1) is 0 Å². The van der Waals surface area contributed by atoms with Crippen LogP contribution in [-0.2, 0) is 6.54 Å². The van der Waals surface area contributed by atoms with Crippen LogP contribution < -0.4 is 15.8 Å². The van der Waals surface area contributed by atoms with Gasteiger partial charge in [-0.3, -0.25) is 4.98 Å². The van der Waals surface area contributed by atoms with E-state index in [9.17, 15) is 0 Å². The Labute approximate surface area is 106 Å². The van der Waals surface area contributed by atoms with Crippen molar-refractivity contribution in [1.29, 1.82) is 0 Å². The summed E-state index contributed by atoms with van der Waals surface area (Å²) in [5.74, 6) is 1.57.